The van der Waals surface area contributed by atoms with E-state index >= 15 is 0 Å². The van der Waals surface area contributed by atoms with Crippen LogP contribution >= 0.6 is 0 Å². The van der Waals surface area contributed by atoms with Crippen LogP contribution in [0.5, 0.6) is 11.5 Å². The molecule has 2 nitrogen and oxygen atoms in total. The molecule has 0 saturated heterocycles. The topological polar surface area (TPSA) is 18.5 Å². The van der Waals surface area contributed by atoms with E-state index in [0.29, 0.717) is 0 Å². The van der Waals surface area contributed by atoms with E-state index in [1.165, 1.54) is 32.1 Å². The number of rotatable bonds is 7. The Morgan fingerprint density at radius 2 is 1.67 bits per heavy atom. The molecule has 0 amide bonds. The van der Waals surface area contributed by atoms with Crippen LogP contribution in [0.3, 0.4) is 0 Å². The summed E-state index contributed by atoms with van der Waals surface area (Å²) in [7, 11) is -0.238. The summed E-state index contributed by atoms with van der Waals surface area (Å²) in [6, 6.07) is 7.80. The molecule has 0 aliphatic carbocycles. The maximum Gasteiger partial charge on any atom is 0.624 e. The second-order valence-electron chi connectivity index (χ2n) is 4.68. The third kappa shape index (κ3) is 3.83. The standard InChI is InChI=1S/C15H21BO2/c1-2-3-4-5-6-7-10-13-16-17-14-11-8-9-12-15(14)18-16/h8-13H,2-7H2,1H3. The minimum absolute atomic E-state index is 0.238. The van der Waals surface area contributed by atoms with Gasteiger partial charge in [0.15, 0.2) is 0 Å². The average molecular weight is 244 g/mol. The third-order valence-electron chi connectivity index (χ3n) is 3.10. The maximum atomic E-state index is 5.64. The minimum Gasteiger partial charge on any atom is -0.520 e. The maximum absolute atomic E-state index is 5.64. The molecular weight excluding hydrogens is 223 g/mol. The highest BCUT2D eigenvalue weighted by atomic mass is 16.6. The molecule has 0 unspecified atom stereocenters. The van der Waals surface area contributed by atoms with Gasteiger partial charge in [-0.2, -0.15) is 0 Å². The lowest BCUT2D eigenvalue weighted by Crippen LogP contribution is -2.21. The molecule has 1 aliphatic heterocycles. The van der Waals surface area contributed by atoms with Crippen molar-refractivity contribution in [1.29, 1.82) is 0 Å². The zero-order valence-electron chi connectivity index (χ0n) is 11.1. The van der Waals surface area contributed by atoms with Gasteiger partial charge in [-0.15, -0.1) is 0 Å². The van der Waals surface area contributed by atoms with Crippen molar-refractivity contribution in [3.05, 3.63) is 36.3 Å². The SMILES string of the molecule is CCCCCCCC=CB1Oc2ccccc2O1. The summed E-state index contributed by atoms with van der Waals surface area (Å²) in [6.45, 7) is 2.24. The minimum atomic E-state index is -0.238. The average Bonchev–Trinajstić information content (AvgIpc) is 2.80. The van der Waals surface area contributed by atoms with Gasteiger partial charge in [-0.3, -0.25) is 0 Å². The van der Waals surface area contributed by atoms with Crippen molar-refractivity contribution in [2.45, 2.75) is 45.4 Å². The molecule has 0 fully saturated rings. The zero-order valence-corrected chi connectivity index (χ0v) is 11.1. The van der Waals surface area contributed by atoms with Gasteiger partial charge in [-0.1, -0.05) is 50.8 Å². The van der Waals surface area contributed by atoms with E-state index in [-0.39, 0.29) is 7.12 Å². The van der Waals surface area contributed by atoms with Crippen LogP contribution in [0.1, 0.15) is 45.4 Å². The number of benzene rings is 1. The quantitative estimate of drug-likeness (QED) is 0.522. The van der Waals surface area contributed by atoms with E-state index in [9.17, 15) is 0 Å². The van der Waals surface area contributed by atoms with Crippen molar-refractivity contribution in [3.63, 3.8) is 0 Å². The number of allylic oxidation sites excluding steroid dienone is 1. The number of fused-ring (bicyclic) bond motifs is 1. The molecule has 0 N–H and O–H groups in total. The fraction of sp³-hybridized carbons (Fsp3) is 0.467. The molecule has 1 aliphatic rings. The highest BCUT2D eigenvalue weighted by molar-refractivity contribution is 6.53. The molecule has 0 spiro atoms. The Balaban J connectivity index is 1.64. The molecule has 1 aromatic rings. The van der Waals surface area contributed by atoms with E-state index in [2.05, 4.69) is 13.0 Å². The Morgan fingerprint density at radius 1 is 1.00 bits per heavy atom. The van der Waals surface area contributed by atoms with Crippen LogP contribution in [0.4, 0.5) is 0 Å². The summed E-state index contributed by atoms with van der Waals surface area (Å²) in [6.07, 6.45) is 9.88. The van der Waals surface area contributed by atoms with Gasteiger partial charge >= 0.3 is 7.12 Å². The van der Waals surface area contributed by atoms with E-state index in [4.69, 9.17) is 9.31 Å². The monoisotopic (exact) mass is 244 g/mol. The first-order valence-corrected chi connectivity index (χ1v) is 6.99. The van der Waals surface area contributed by atoms with Crippen LogP contribution < -0.4 is 9.31 Å². The Hall–Kier alpha value is -1.38. The van der Waals surface area contributed by atoms with E-state index < -0.39 is 0 Å². The Kier molecular flexibility index (Phi) is 5.19. The first kappa shape index (κ1) is 13.1. The van der Waals surface area contributed by atoms with Gasteiger partial charge in [0.05, 0.1) is 0 Å². The number of hydrogen-bond donors (Lipinski definition) is 0. The molecule has 1 aromatic carbocycles. The first-order chi connectivity index (χ1) is 8.90. The van der Waals surface area contributed by atoms with Crippen molar-refractivity contribution >= 4 is 7.12 Å². The highest BCUT2D eigenvalue weighted by Crippen LogP contribution is 2.32. The van der Waals surface area contributed by atoms with Gasteiger partial charge in [-0.05, 0) is 30.9 Å². The molecule has 0 saturated carbocycles. The van der Waals surface area contributed by atoms with Gasteiger partial charge in [-0.25, -0.2) is 0 Å². The molecule has 3 heteroatoms. The predicted molar refractivity (Wildman–Crippen MR) is 76.0 cm³/mol. The Morgan fingerprint density at radius 3 is 2.33 bits per heavy atom. The molecule has 18 heavy (non-hydrogen) atoms. The lowest BCUT2D eigenvalue weighted by atomic mass is 9.90. The number of hydrogen-bond acceptors (Lipinski definition) is 2. The molecule has 0 atom stereocenters. The lowest BCUT2D eigenvalue weighted by molar-refractivity contribution is 0.517. The van der Waals surface area contributed by atoms with Crippen LogP contribution in [0.2, 0.25) is 0 Å². The van der Waals surface area contributed by atoms with E-state index in [1.54, 1.807) is 0 Å². The van der Waals surface area contributed by atoms with E-state index in [1.807, 2.05) is 30.2 Å². The first-order valence-electron chi connectivity index (χ1n) is 6.99. The Labute approximate surface area is 110 Å². The number of para-hydroxylation sites is 2. The van der Waals surface area contributed by atoms with Crippen molar-refractivity contribution in [2.24, 2.45) is 0 Å². The van der Waals surface area contributed by atoms with E-state index in [0.717, 1.165) is 17.9 Å². The van der Waals surface area contributed by atoms with Crippen LogP contribution in [0, 0.1) is 0 Å². The fourth-order valence-electron chi connectivity index (χ4n) is 2.07. The van der Waals surface area contributed by atoms with Crippen molar-refractivity contribution in [3.8, 4) is 11.5 Å². The normalized spacial score (nSPS) is 13.5. The predicted octanol–water partition coefficient (Wildman–Crippen LogP) is 4.40. The summed E-state index contributed by atoms with van der Waals surface area (Å²) in [4.78, 5) is 0. The molecule has 96 valence electrons. The molecule has 2 rings (SSSR count). The summed E-state index contributed by atoms with van der Waals surface area (Å²) in [5.41, 5.74) is 0. The lowest BCUT2D eigenvalue weighted by Gasteiger charge is -1.98. The van der Waals surface area contributed by atoms with Gasteiger partial charge in [0, 0.05) is 0 Å². The summed E-state index contributed by atoms with van der Waals surface area (Å²) >= 11 is 0. The van der Waals surface area contributed by atoms with Crippen LogP contribution in [0.25, 0.3) is 0 Å². The molecule has 1 heterocycles. The van der Waals surface area contributed by atoms with Crippen LogP contribution in [-0.4, -0.2) is 7.12 Å². The van der Waals surface area contributed by atoms with Gasteiger partial charge < -0.3 is 9.31 Å². The third-order valence-corrected chi connectivity index (χ3v) is 3.10. The molecular formula is C15H21BO2. The largest absolute Gasteiger partial charge is 0.624 e. The van der Waals surface area contributed by atoms with Crippen LogP contribution in [0.15, 0.2) is 36.3 Å². The molecule has 0 bridgehead atoms. The highest BCUT2D eigenvalue weighted by Gasteiger charge is 2.28. The second kappa shape index (κ2) is 7.15. The van der Waals surface area contributed by atoms with Gasteiger partial charge in [0.1, 0.15) is 11.5 Å². The van der Waals surface area contributed by atoms with Crippen LogP contribution in [-0.2, 0) is 0 Å². The van der Waals surface area contributed by atoms with Crippen molar-refractivity contribution < 1.29 is 9.31 Å². The zero-order chi connectivity index (χ0) is 12.6. The summed E-state index contributed by atoms with van der Waals surface area (Å²) in [5.74, 6) is 3.70. The molecule has 0 aromatic heterocycles. The number of unbranched alkanes of at least 4 members (excludes halogenated alkanes) is 5. The Bertz CT molecular complexity index is 365. The van der Waals surface area contributed by atoms with Gasteiger partial charge in [0.25, 0.3) is 0 Å². The summed E-state index contributed by atoms with van der Waals surface area (Å²) in [5, 5.41) is 0. The van der Waals surface area contributed by atoms with Gasteiger partial charge in [0.2, 0.25) is 0 Å². The second-order valence-corrected chi connectivity index (χ2v) is 4.68. The summed E-state index contributed by atoms with van der Waals surface area (Å²) < 4.78 is 11.3. The smallest absolute Gasteiger partial charge is 0.520 e. The molecule has 0 radical (unpaired) electrons. The van der Waals surface area contributed by atoms with Crippen molar-refractivity contribution in [2.75, 3.05) is 0 Å². The fourth-order valence-corrected chi connectivity index (χ4v) is 2.07. The van der Waals surface area contributed by atoms with Crippen molar-refractivity contribution in [1.82, 2.24) is 0 Å².